The van der Waals surface area contributed by atoms with Crippen molar-refractivity contribution in [2.45, 2.75) is 13.5 Å². The molecule has 2 heterocycles. The van der Waals surface area contributed by atoms with Crippen molar-refractivity contribution in [2.24, 2.45) is 0 Å². The maximum absolute atomic E-state index is 12.3. The van der Waals surface area contributed by atoms with Crippen LogP contribution in [-0.4, -0.2) is 40.5 Å². The molecule has 0 aliphatic heterocycles. The van der Waals surface area contributed by atoms with Gasteiger partial charge in [0.05, 0.1) is 25.3 Å². The van der Waals surface area contributed by atoms with Crippen molar-refractivity contribution in [3.8, 4) is 34.3 Å². The molecule has 2 aromatic heterocycles. The fourth-order valence-electron chi connectivity index (χ4n) is 2.78. The molecule has 0 saturated heterocycles. The Morgan fingerprint density at radius 3 is 2.45 bits per heavy atom. The number of ether oxygens (including phenoxy) is 3. The summed E-state index contributed by atoms with van der Waals surface area (Å²) in [5.74, 6) is 2.01. The van der Waals surface area contributed by atoms with E-state index in [0.29, 0.717) is 45.7 Å². The number of esters is 1. The SMILES string of the molecule is COc1ccc(-c2noc(COC(=O)c3ccc(-c4nc(C)no4)cc3)n2)c(OC)c1. The molecular formula is C21H18N4O6. The lowest BCUT2D eigenvalue weighted by Crippen LogP contribution is -2.05. The van der Waals surface area contributed by atoms with Crippen LogP contribution in [0.2, 0.25) is 0 Å². The monoisotopic (exact) mass is 422 g/mol. The quantitative estimate of drug-likeness (QED) is 0.409. The van der Waals surface area contributed by atoms with Gasteiger partial charge in [0, 0.05) is 11.6 Å². The average Bonchev–Trinajstić information content (AvgIpc) is 3.46. The molecule has 158 valence electrons. The van der Waals surface area contributed by atoms with Gasteiger partial charge in [-0.2, -0.15) is 9.97 Å². The number of benzene rings is 2. The van der Waals surface area contributed by atoms with Crippen LogP contribution in [0.25, 0.3) is 22.8 Å². The molecule has 0 atom stereocenters. The number of methoxy groups -OCH3 is 2. The van der Waals surface area contributed by atoms with Crippen LogP contribution in [0, 0.1) is 6.92 Å². The topological polar surface area (TPSA) is 123 Å². The standard InChI is InChI=1S/C21H18N4O6/c1-12-22-20(31-24-12)13-4-6-14(7-5-13)21(26)29-11-18-23-19(25-30-18)16-9-8-15(27-2)10-17(16)28-3/h4-10H,11H2,1-3H3. The summed E-state index contributed by atoms with van der Waals surface area (Å²) in [7, 11) is 3.10. The largest absolute Gasteiger partial charge is 0.497 e. The summed E-state index contributed by atoms with van der Waals surface area (Å²) >= 11 is 0. The van der Waals surface area contributed by atoms with E-state index in [0.717, 1.165) is 0 Å². The lowest BCUT2D eigenvalue weighted by atomic mass is 10.1. The van der Waals surface area contributed by atoms with E-state index in [9.17, 15) is 4.79 Å². The van der Waals surface area contributed by atoms with Gasteiger partial charge in [-0.1, -0.05) is 10.3 Å². The van der Waals surface area contributed by atoms with E-state index in [4.69, 9.17) is 23.3 Å². The molecule has 10 heteroatoms. The molecule has 0 aliphatic rings. The maximum Gasteiger partial charge on any atom is 0.338 e. The third-order valence-corrected chi connectivity index (χ3v) is 4.34. The zero-order valence-corrected chi connectivity index (χ0v) is 17.0. The Bertz CT molecular complexity index is 1200. The van der Waals surface area contributed by atoms with Crippen LogP contribution in [-0.2, 0) is 11.3 Å². The van der Waals surface area contributed by atoms with Crippen LogP contribution in [0.4, 0.5) is 0 Å². The Morgan fingerprint density at radius 1 is 0.968 bits per heavy atom. The van der Waals surface area contributed by atoms with Crippen LogP contribution in [0.5, 0.6) is 11.5 Å². The van der Waals surface area contributed by atoms with Crippen molar-refractivity contribution in [2.75, 3.05) is 14.2 Å². The maximum atomic E-state index is 12.3. The van der Waals surface area contributed by atoms with E-state index >= 15 is 0 Å². The van der Waals surface area contributed by atoms with E-state index in [1.807, 2.05) is 0 Å². The highest BCUT2D eigenvalue weighted by Gasteiger charge is 2.16. The van der Waals surface area contributed by atoms with Gasteiger partial charge in [-0.25, -0.2) is 4.79 Å². The van der Waals surface area contributed by atoms with Crippen LogP contribution in [0.1, 0.15) is 22.1 Å². The van der Waals surface area contributed by atoms with Gasteiger partial charge in [-0.05, 0) is 43.3 Å². The summed E-state index contributed by atoms with van der Waals surface area (Å²) in [5, 5.41) is 7.67. The summed E-state index contributed by atoms with van der Waals surface area (Å²) in [6.07, 6.45) is 0. The van der Waals surface area contributed by atoms with E-state index in [1.165, 1.54) is 7.11 Å². The molecule has 0 radical (unpaired) electrons. The molecule has 4 rings (SSSR count). The summed E-state index contributed by atoms with van der Waals surface area (Å²) < 4.78 is 26.1. The molecule has 0 saturated carbocycles. The summed E-state index contributed by atoms with van der Waals surface area (Å²) in [6, 6.07) is 11.8. The molecule has 31 heavy (non-hydrogen) atoms. The highest BCUT2D eigenvalue weighted by molar-refractivity contribution is 5.89. The van der Waals surface area contributed by atoms with E-state index in [1.54, 1.807) is 56.5 Å². The van der Waals surface area contributed by atoms with E-state index < -0.39 is 5.97 Å². The van der Waals surface area contributed by atoms with Crippen LogP contribution < -0.4 is 9.47 Å². The molecule has 0 aliphatic carbocycles. The Morgan fingerprint density at radius 2 is 1.77 bits per heavy atom. The smallest absolute Gasteiger partial charge is 0.338 e. The number of aromatic nitrogens is 4. The lowest BCUT2D eigenvalue weighted by Gasteiger charge is -2.07. The van der Waals surface area contributed by atoms with Crippen LogP contribution >= 0.6 is 0 Å². The first-order valence-corrected chi connectivity index (χ1v) is 9.20. The molecule has 0 fully saturated rings. The second-order valence-electron chi connectivity index (χ2n) is 6.38. The number of carbonyl (C=O) groups is 1. The first-order chi connectivity index (χ1) is 15.1. The average molecular weight is 422 g/mol. The van der Waals surface area contributed by atoms with Crippen molar-refractivity contribution < 1.29 is 28.1 Å². The molecule has 0 spiro atoms. The van der Waals surface area contributed by atoms with Crippen molar-refractivity contribution in [3.05, 3.63) is 59.7 Å². The van der Waals surface area contributed by atoms with Gasteiger partial charge in [-0.3, -0.25) is 0 Å². The number of rotatable bonds is 7. The third kappa shape index (κ3) is 4.37. The molecule has 0 unspecified atom stereocenters. The summed E-state index contributed by atoms with van der Waals surface area (Å²) in [4.78, 5) is 20.7. The second kappa shape index (κ2) is 8.66. The van der Waals surface area contributed by atoms with Gasteiger partial charge in [0.15, 0.2) is 12.4 Å². The third-order valence-electron chi connectivity index (χ3n) is 4.34. The van der Waals surface area contributed by atoms with E-state index in [2.05, 4.69) is 20.3 Å². The first kappa shape index (κ1) is 20.1. The molecule has 0 bridgehead atoms. The Labute approximate surface area is 176 Å². The minimum absolute atomic E-state index is 0.152. The fourth-order valence-corrected chi connectivity index (χ4v) is 2.78. The zero-order valence-electron chi connectivity index (χ0n) is 17.0. The van der Waals surface area contributed by atoms with Gasteiger partial charge >= 0.3 is 5.97 Å². The normalized spacial score (nSPS) is 10.7. The molecule has 10 nitrogen and oxygen atoms in total. The Hall–Kier alpha value is -4.21. The van der Waals surface area contributed by atoms with Crippen molar-refractivity contribution in [1.29, 1.82) is 0 Å². The van der Waals surface area contributed by atoms with Gasteiger partial charge in [0.25, 0.3) is 11.8 Å². The zero-order chi connectivity index (χ0) is 21.8. The fraction of sp³-hybridized carbons (Fsp3) is 0.190. The molecule has 0 amide bonds. The molecule has 0 N–H and O–H groups in total. The predicted molar refractivity (Wildman–Crippen MR) is 106 cm³/mol. The number of aryl methyl sites for hydroxylation is 1. The lowest BCUT2D eigenvalue weighted by molar-refractivity contribution is 0.0430. The van der Waals surface area contributed by atoms with Crippen molar-refractivity contribution >= 4 is 5.97 Å². The summed E-state index contributed by atoms with van der Waals surface area (Å²) in [5.41, 5.74) is 1.68. The highest BCUT2D eigenvalue weighted by atomic mass is 16.6. The highest BCUT2D eigenvalue weighted by Crippen LogP contribution is 2.31. The molecular weight excluding hydrogens is 404 g/mol. The first-order valence-electron chi connectivity index (χ1n) is 9.20. The molecule has 4 aromatic rings. The Kier molecular flexibility index (Phi) is 5.61. The van der Waals surface area contributed by atoms with Gasteiger partial charge in [0.2, 0.25) is 5.82 Å². The van der Waals surface area contributed by atoms with Crippen molar-refractivity contribution in [3.63, 3.8) is 0 Å². The minimum Gasteiger partial charge on any atom is -0.497 e. The number of hydrogen-bond acceptors (Lipinski definition) is 10. The summed E-state index contributed by atoms with van der Waals surface area (Å²) in [6.45, 7) is 1.56. The van der Waals surface area contributed by atoms with Gasteiger partial charge < -0.3 is 23.3 Å². The minimum atomic E-state index is -0.532. The number of hydrogen-bond donors (Lipinski definition) is 0. The number of nitrogens with zero attached hydrogens (tertiary/aromatic N) is 4. The Balaban J connectivity index is 1.41. The van der Waals surface area contributed by atoms with E-state index in [-0.39, 0.29) is 12.5 Å². The van der Waals surface area contributed by atoms with Crippen LogP contribution in [0.15, 0.2) is 51.5 Å². The van der Waals surface area contributed by atoms with Crippen LogP contribution in [0.3, 0.4) is 0 Å². The van der Waals surface area contributed by atoms with Crippen molar-refractivity contribution in [1.82, 2.24) is 20.3 Å². The van der Waals surface area contributed by atoms with Gasteiger partial charge in [-0.15, -0.1) is 0 Å². The van der Waals surface area contributed by atoms with Gasteiger partial charge in [0.1, 0.15) is 11.5 Å². The number of carbonyl (C=O) groups excluding carboxylic acids is 1. The molecule has 2 aromatic carbocycles. The second-order valence-corrected chi connectivity index (χ2v) is 6.38. The predicted octanol–water partition coefficient (Wildman–Crippen LogP) is 3.47.